The van der Waals surface area contributed by atoms with Crippen molar-refractivity contribution >= 4 is 11.8 Å². The summed E-state index contributed by atoms with van der Waals surface area (Å²) in [7, 11) is 1.54. The fraction of sp³-hybridized carbons (Fsp3) is 0.435. The molecule has 2 aromatic rings. The van der Waals surface area contributed by atoms with Crippen LogP contribution in [-0.2, 0) is 11.3 Å². The standard InChI is InChI=1S/C23H25F2N3O5/c1-11-6-15(24)13(16(25)7-11)8-26-22(31)14-9-28-17-10-27(12(2)4-5-18(17)33-3)23(32)19(28)21(30)20(14)29/h6-7,9,12,17-18,30H,4-5,8,10H2,1-3H3,(H,26,31)/t12-,17+,18-/m0/s1. The molecule has 0 unspecified atom stereocenters. The number of methoxy groups -OCH3 is 1. The average Bonchev–Trinajstić information content (AvgIpc) is 2.90. The Morgan fingerprint density at radius 2 is 1.91 bits per heavy atom. The van der Waals surface area contributed by atoms with Gasteiger partial charge in [0.15, 0.2) is 11.4 Å². The second kappa shape index (κ2) is 8.58. The van der Waals surface area contributed by atoms with Gasteiger partial charge in [0.05, 0.1) is 12.1 Å². The highest BCUT2D eigenvalue weighted by molar-refractivity contribution is 5.99. The molecular weight excluding hydrogens is 436 g/mol. The van der Waals surface area contributed by atoms with E-state index in [0.29, 0.717) is 24.9 Å². The summed E-state index contributed by atoms with van der Waals surface area (Å²) in [5.74, 6) is -3.89. The van der Waals surface area contributed by atoms with E-state index in [4.69, 9.17) is 4.74 Å². The summed E-state index contributed by atoms with van der Waals surface area (Å²) in [5.41, 5.74) is -1.61. The van der Waals surface area contributed by atoms with Gasteiger partial charge < -0.3 is 24.6 Å². The van der Waals surface area contributed by atoms with E-state index in [1.165, 1.54) is 17.7 Å². The van der Waals surface area contributed by atoms with E-state index in [2.05, 4.69) is 5.32 Å². The SMILES string of the molecule is CO[C@H]1CC[C@H](C)N2C[C@H]1n1cc(C(=O)NCc3c(F)cc(C)cc3F)c(=O)c(O)c1C2=O. The summed E-state index contributed by atoms with van der Waals surface area (Å²) in [6.07, 6.45) is 2.24. The molecule has 1 aromatic heterocycles. The van der Waals surface area contributed by atoms with Gasteiger partial charge in [0.2, 0.25) is 5.43 Å². The second-order valence-electron chi connectivity index (χ2n) is 8.59. The Morgan fingerprint density at radius 3 is 2.55 bits per heavy atom. The van der Waals surface area contributed by atoms with E-state index in [1.54, 1.807) is 12.0 Å². The number of pyridine rings is 1. The minimum atomic E-state index is -1.03. The number of fused-ring (bicyclic) bond motifs is 4. The number of nitrogens with zero attached hydrogens (tertiary/aromatic N) is 2. The summed E-state index contributed by atoms with van der Waals surface area (Å²) in [5, 5.41) is 13.0. The number of carbonyl (C=O) groups excluding carboxylic acids is 2. The van der Waals surface area contributed by atoms with Crippen LogP contribution < -0.4 is 10.7 Å². The number of rotatable bonds is 4. The topological polar surface area (TPSA) is 101 Å². The number of ether oxygens (including phenoxy) is 1. The van der Waals surface area contributed by atoms with E-state index in [-0.39, 0.29) is 23.4 Å². The Kier molecular flexibility index (Phi) is 5.96. The molecule has 1 saturated heterocycles. The third-order valence-corrected chi connectivity index (χ3v) is 6.50. The molecule has 0 aliphatic carbocycles. The lowest BCUT2D eigenvalue weighted by molar-refractivity contribution is 0.0330. The maximum Gasteiger partial charge on any atom is 0.274 e. The molecule has 1 fully saturated rings. The third kappa shape index (κ3) is 3.88. The normalized spacial score (nSPS) is 22.0. The van der Waals surface area contributed by atoms with Crippen LogP contribution in [-0.4, -0.2) is 52.2 Å². The fourth-order valence-corrected chi connectivity index (χ4v) is 4.63. The lowest BCUT2D eigenvalue weighted by Gasteiger charge is -2.38. The van der Waals surface area contributed by atoms with Crippen LogP contribution in [0.25, 0.3) is 0 Å². The number of aromatic hydroxyl groups is 1. The van der Waals surface area contributed by atoms with Crippen LogP contribution in [0.4, 0.5) is 8.78 Å². The number of aryl methyl sites for hydroxylation is 1. The quantitative estimate of drug-likeness (QED) is 0.728. The van der Waals surface area contributed by atoms with E-state index < -0.39 is 52.8 Å². The smallest absolute Gasteiger partial charge is 0.274 e. The van der Waals surface area contributed by atoms with Crippen LogP contribution in [0, 0.1) is 18.6 Å². The van der Waals surface area contributed by atoms with Crippen molar-refractivity contribution in [1.29, 1.82) is 0 Å². The van der Waals surface area contributed by atoms with Crippen molar-refractivity contribution < 1.29 is 28.2 Å². The predicted molar refractivity (Wildman–Crippen MR) is 114 cm³/mol. The summed E-state index contributed by atoms with van der Waals surface area (Å²) in [6, 6.07) is 1.75. The van der Waals surface area contributed by atoms with Crippen LogP contribution in [0.1, 0.15) is 57.8 Å². The number of hydrogen-bond acceptors (Lipinski definition) is 5. The maximum absolute atomic E-state index is 14.1. The number of halogens is 2. The monoisotopic (exact) mass is 461 g/mol. The molecule has 176 valence electrons. The van der Waals surface area contributed by atoms with Crippen molar-refractivity contribution in [2.45, 2.75) is 51.4 Å². The van der Waals surface area contributed by atoms with Gasteiger partial charge in [-0.1, -0.05) is 0 Å². The molecule has 1 aromatic carbocycles. The molecule has 4 rings (SSSR count). The van der Waals surface area contributed by atoms with Gasteiger partial charge in [-0.15, -0.1) is 0 Å². The van der Waals surface area contributed by atoms with Gasteiger partial charge in [-0.05, 0) is 44.4 Å². The number of nitrogens with one attached hydrogen (secondary N) is 1. The zero-order valence-electron chi connectivity index (χ0n) is 18.5. The zero-order chi connectivity index (χ0) is 24.0. The van der Waals surface area contributed by atoms with Gasteiger partial charge in [0, 0.05) is 38.0 Å². The Labute approximate surface area is 188 Å². The molecule has 8 nitrogen and oxygen atoms in total. The Hall–Kier alpha value is -3.27. The minimum Gasteiger partial charge on any atom is -0.503 e. The molecule has 0 radical (unpaired) electrons. The minimum absolute atomic E-state index is 0.106. The third-order valence-electron chi connectivity index (χ3n) is 6.50. The fourth-order valence-electron chi connectivity index (χ4n) is 4.63. The van der Waals surface area contributed by atoms with Crippen LogP contribution in [0.5, 0.6) is 5.75 Å². The highest BCUT2D eigenvalue weighted by Crippen LogP contribution is 2.35. The van der Waals surface area contributed by atoms with Gasteiger partial charge >= 0.3 is 0 Å². The Bertz CT molecular complexity index is 1170. The first-order valence-electron chi connectivity index (χ1n) is 10.7. The molecule has 10 heteroatoms. The van der Waals surface area contributed by atoms with Crippen molar-refractivity contribution in [2.24, 2.45) is 0 Å². The molecule has 33 heavy (non-hydrogen) atoms. The first-order valence-corrected chi connectivity index (χ1v) is 10.7. The van der Waals surface area contributed by atoms with E-state index in [0.717, 1.165) is 12.1 Å². The number of hydrogen-bond donors (Lipinski definition) is 2. The molecule has 2 N–H and O–H groups in total. The molecule has 3 heterocycles. The van der Waals surface area contributed by atoms with Crippen LogP contribution >= 0.6 is 0 Å². The van der Waals surface area contributed by atoms with Gasteiger partial charge in [0.25, 0.3) is 11.8 Å². The molecule has 3 atom stereocenters. The Balaban J connectivity index is 1.71. The largest absolute Gasteiger partial charge is 0.503 e. The predicted octanol–water partition coefficient (Wildman–Crippen LogP) is 2.26. The second-order valence-corrected chi connectivity index (χ2v) is 8.59. The summed E-state index contributed by atoms with van der Waals surface area (Å²) >= 11 is 0. The Morgan fingerprint density at radius 1 is 1.24 bits per heavy atom. The van der Waals surface area contributed by atoms with Gasteiger partial charge in [-0.2, -0.15) is 0 Å². The summed E-state index contributed by atoms with van der Waals surface area (Å²) in [6.45, 7) is 3.24. The number of amides is 2. The van der Waals surface area contributed by atoms with Crippen molar-refractivity contribution in [3.63, 3.8) is 0 Å². The van der Waals surface area contributed by atoms with Gasteiger partial charge in [0.1, 0.15) is 17.2 Å². The summed E-state index contributed by atoms with van der Waals surface area (Å²) < 4.78 is 35.3. The maximum atomic E-state index is 14.1. The van der Waals surface area contributed by atoms with Gasteiger partial charge in [-0.3, -0.25) is 14.4 Å². The lowest BCUT2D eigenvalue weighted by Crippen LogP contribution is -2.49. The average molecular weight is 461 g/mol. The zero-order valence-corrected chi connectivity index (χ0v) is 18.5. The van der Waals surface area contributed by atoms with E-state index >= 15 is 0 Å². The van der Waals surface area contributed by atoms with Crippen molar-refractivity contribution in [2.75, 3.05) is 13.7 Å². The summed E-state index contributed by atoms with van der Waals surface area (Å²) in [4.78, 5) is 40.2. The van der Waals surface area contributed by atoms with E-state index in [9.17, 15) is 28.3 Å². The molecule has 0 saturated carbocycles. The first kappa shape index (κ1) is 22.9. The number of benzene rings is 1. The first-order chi connectivity index (χ1) is 15.6. The number of carbonyl (C=O) groups is 2. The molecular formula is C23H25F2N3O5. The molecule has 2 bridgehead atoms. The highest BCUT2D eigenvalue weighted by atomic mass is 19.1. The van der Waals surface area contributed by atoms with E-state index in [1.807, 2.05) is 6.92 Å². The molecule has 2 amide bonds. The van der Waals surface area contributed by atoms with Crippen molar-refractivity contribution in [3.8, 4) is 5.75 Å². The van der Waals surface area contributed by atoms with Crippen molar-refractivity contribution in [3.05, 3.63) is 62.6 Å². The molecule has 0 spiro atoms. The molecule has 2 aliphatic rings. The number of aromatic nitrogens is 1. The van der Waals surface area contributed by atoms with Gasteiger partial charge in [-0.25, -0.2) is 8.78 Å². The van der Waals surface area contributed by atoms with Crippen LogP contribution in [0.2, 0.25) is 0 Å². The molecule has 2 aliphatic heterocycles. The van der Waals surface area contributed by atoms with Crippen LogP contribution in [0.15, 0.2) is 23.1 Å². The lowest BCUT2D eigenvalue weighted by atomic mass is 10.0. The van der Waals surface area contributed by atoms with Crippen molar-refractivity contribution in [1.82, 2.24) is 14.8 Å². The highest BCUT2D eigenvalue weighted by Gasteiger charge is 2.42. The van der Waals surface area contributed by atoms with Crippen LogP contribution in [0.3, 0.4) is 0 Å².